The van der Waals surface area contributed by atoms with E-state index in [0.717, 1.165) is 38.5 Å². The monoisotopic (exact) mass is 168 g/mol. The Kier molecular flexibility index (Phi) is 3.85. The summed E-state index contributed by atoms with van der Waals surface area (Å²) in [6.07, 6.45) is 10.2. The fourth-order valence-corrected chi connectivity index (χ4v) is 1.59. The van der Waals surface area contributed by atoms with Crippen molar-refractivity contribution in [2.45, 2.75) is 38.5 Å². The SMILES string of the molecule is O=C(O)C1CCC/C=C\CCC1. The molecule has 0 amide bonds. The van der Waals surface area contributed by atoms with Crippen molar-refractivity contribution in [1.82, 2.24) is 0 Å². The van der Waals surface area contributed by atoms with Crippen LogP contribution in [0.3, 0.4) is 0 Å². The maximum Gasteiger partial charge on any atom is 0.306 e. The van der Waals surface area contributed by atoms with Crippen molar-refractivity contribution in [1.29, 1.82) is 0 Å². The summed E-state index contributed by atoms with van der Waals surface area (Å²) in [4.78, 5) is 10.7. The highest BCUT2D eigenvalue weighted by atomic mass is 16.4. The molecule has 1 aliphatic rings. The highest BCUT2D eigenvalue weighted by Gasteiger charge is 2.16. The summed E-state index contributed by atoms with van der Waals surface area (Å²) in [6, 6.07) is 0. The standard InChI is InChI=1S/C10H16O2/c11-10(12)9-7-5-3-1-2-4-6-8-9/h1-2,9H,3-8H2,(H,11,12)/b2-1-. The molecule has 1 rings (SSSR count). The van der Waals surface area contributed by atoms with E-state index in [-0.39, 0.29) is 5.92 Å². The van der Waals surface area contributed by atoms with Gasteiger partial charge in [-0.25, -0.2) is 0 Å². The first-order chi connectivity index (χ1) is 5.80. The van der Waals surface area contributed by atoms with Crippen molar-refractivity contribution in [2.75, 3.05) is 0 Å². The Morgan fingerprint density at radius 2 is 1.67 bits per heavy atom. The number of carbonyl (C=O) groups is 1. The predicted octanol–water partition coefficient (Wildman–Crippen LogP) is 2.60. The average Bonchev–Trinajstić information content (AvgIpc) is 2.15. The molecule has 0 bridgehead atoms. The second-order valence-electron chi connectivity index (χ2n) is 3.37. The van der Waals surface area contributed by atoms with E-state index in [9.17, 15) is 4.79 Å². The molecule has 0 aromatic carbocycles. The summed E-state index contributed by atoms with van der Waals surface area (Å²) < 4.78 is 0. The summed E-state index contributed by atoms with van der Waals surface area (Å²) in [5.41, 5.74) is 0. The van der Waals surface area contributed by atoms with Gasteiger partial charge in [0.1, 0.15) is 0 Å². The minimum Gasteiger partial charge on any atom is -0.481 e. The molecule has 0 radical (unpaired) electrons. The highest BCUT2D eigenvalue weighted by molar-refractivity contribution is 5.69. The lowest BCUT2D eigenvalue weighted by Gasteiger charge is -2.09. The van der Waals surface area contributed by atoms with E-state index in [1.807, 2.05) is 0 Å². The fourth-order valence-electron chi connectivity index (χ4n) is 1.59. The van der Waals surface area contributed by atoms with Gasteiger partial charge in [-0.05, 0) is 38.5 Å². The zero-order valence-corrected chi connectivity index (χ0v) is 7.33. The molecule has 0 heterocycles. The van der Waals surface area contributed by atoms with Gasteiger partial charge in [0.2, 0.25) is 0 Å². The Morgan fingerprint density at radius 1 is 1.17 bits per heavy atom. The van der Waals surface area contributed by atoms with Gasteiger partial charge >= 0.3 is 5.97 Å². The van der Waals surface area contributed by atoms with Crippen LogP contribution in [0.25, 0.3) is 0 Å². The van der Waals surface area contributed by atoms with Gasteiger partial charge in [0.05, 0.1) is 5.92 Å². The van der Waals surface area contributed by atoms with E-state index < -0.39 is 5.97 Å². The first-order valence-electron chi connectivity index (χ1n) is 4.68. The van der Waals surface area contributed by atoms with Crippen LogP contribution >= 0.6 is 0 Å². The molecule has 2 heteroatoms. The van der Waals surface area contributed by atoms with Gasteiger partial charge < -0.3 is 5.11 Å². The minimum atomic E-state index is -0.614. The number of rotatable bonds is 1. The van der Waals surface area contributed by atoms with Gasteiger partial charge in [-0.2, -0.15) is 0 Å². The lowest BCUT2D eigenvalue weighted by molar-refractivity contribution is -0.142. The van der Waals surface area contributed by atoms with Crippen molar-refractivity contribution in [3.8, 4) is 0 Å². The first kappa shape index (κ1) is 9.30. The Morgan fingerprint density at radius 3 is 2.08 bits per heavy atom. The van der Waals surface area contributed by atoms with Crippen molar-refractivity contribution < 1.29 is 9.90 Å². The Labute approximate surface area is 73.3 Å². The van der Waals surface area contributed by atoms with Gasteiger partial charge in [0.25, 0.3) is 0 Å². The van der Waals surface area contributed by atoms with Crippen LogP contribution in [0.5, 0.6) is 0 Å². The molecule has 0 saturated heterocycles. The van der Waals surface area contributed by atoms with Crippen molar-refractivity contribution in [2.24, 2.45) is 5.92 Å². The van der Waals surface area contributed by atoms with E-state index in [1.165, 1.54) is 0 Å². The predicted molar refractivity (Wildman–Crippen MR) is 48.0 cm³/mol. The maximum atomic E-state index is 10.7. The van der Waals surface area contributed by atoms with Gasteiger partial charge in [0, 0.05) is 0 Å². The van der Waals surface area contributed by atoms with E-state index >= 15 is 0 Å². The molecule has 1 aliphatic carbocycles. The molecule has 0 unspecified atom stereocenters. The third kappa shape index (κ3) is 3.07. The quantitative estimate of drug-likeness (QED) is 0.611. The fraction of sp³-hybridized carbons (Fsp3) is 0.700. The zero-order chi connectivity index (χ0) is 8.81. The summed E-state index contributed by atoms with van der Waals surface area (Å²) >= 11 is 0. The molecule has 0 aromatic heterocycles. The third-order valence-electron chi connectivity index (χ3n) is 2.36. The number of carboxylic acid groups (broad SMARTS) is 1. The molecule has 0 aliphatic heterocycles. The second-order valence-corrected chi connectivity index (χ2v) is 3.37. The molecule has 2 nitrogen and oxygen atoms in total. The summed E-state index contributed by atoms with van der Waals surface area (Å²) in [7, 11) is 0. The number of hydrogen-bond donors (Lipinski definition) is 1. The van der Waals surface area contributed by atoms with E-state index in [2.05, 4.69) is 12.2 Å². The third-order valence-corrected chi connectivity index (χ3v) is 2.36. The molecule has 0 saturated carbocycles. The first-order valence-corrected chi connectivity index (χ1v) is 4.68. The molecule has 12 heavy (non-hydrogen) atoms. The van der Waals surface area contributed by atoms with Gasteiger partial charge in [0.15, 0.2) is 0 Å². The molecule has 0 spiro atoms. The lowest BCUT2D eigenvalue weighted by atomic mass is 9.97. The van der Waals surface area contributed by atoms with Gasteiger partial charge in [-0.1, -0.05) is 12.2 Å². The van der Waals surface area contributed by atoms with Gasteiger partial charge in [-0.3, -0.25) is 4.79 Å². The summed E-state index contributed by atoms with van der Waals surface area (Å²) in [5.74, 6) is -0.707. The smallest absolute Gasteiger partial charge is 0.306 e. The Bertz CT molecular complexity index is 161. The van der Waals surface area contributed by atoms with E-state index in [0.29, 0.717) is 0 Å². The minimum absolute atomic E-state index is 0.0927. The maximum absolute atomic E-state index is 10.7. The molecular formula is C10H16O2. The Balaban J connectivity index is 2.39. The molecular weight excluding hydrogens is 152 g/mol. The normalized spacial score (nSPS) is 23.7. The molecule has 0 aromatic rings. The van der Waals surface area contributed by atoms with Crippen LogP contribution in [-0.2, 0) is 4.79 Å². The van der Waals surface area contributed by atoms with Crippen LogP contribution < -0.4 is 0 Å². The van der Waals surface area contributed by atoms with Crippen LogP contribution in [0, 0.1) is 5.92 Å². The number of aliphatic carboxylic acids is 1. The summed E-state index contributed by atoms with van der Waals surface area (Å²) in [6.45, 7) is 0. The average molecular weight is 168 g/mol. The van der Waals surface area contributed by atoms with E-state index in [4.69, 9.17) is 5.11 Å². The molecule has 68 valence electrons. The summed E-state index contributed by atoms with van der Waals surface area (Å²) in [5, 5.41) is 8.83. The van der Waals surface area contributed by atoms with E-state index in [1.54, 1.807) is 0 Å². The number of hydrogen-bond acceptors (Lipinski definition) is 1. The largest absolute Gasteiger partial charge is 0.481 e. The van der Waals surface area contributed by atoms with Crippen LogP contribution in [0.2, 0.25) is 0 Å². The zero-order valence-electron chi connectivity index (χ0n) is 7.33. The highest BCUT2D eigenvalue weighted by Crippen LogP contribution is 2.18. The molecule has 0 fully saturated rings. The van der Waals surface area contributed by atoms with Crippen molar-refractivity contribution in [3.05, 3.63) is 12.2 Å². The Hall–Kier alpha value is -0.790. The van der Waals surface area contributed by atoms with Crippen LogP contribution in [0.4, 0.5) is 0 Å². The number of allylic oxidation sites excluding steroid dienone is 2. The lowest BCUT2D eigenvalue weighted by Crippen LogP contribution is -2.13. The topological polar surface area (TPSA) is 37.3 Å². The number of carboxylic acids is 1. The van der Waals surface area contributed by atoms with Crippen LogP contribution in [0.15, 0.2) is 12.2 Å². The van der Waals surface area contributed by atoms with Crippen molar-refractivity contribution >= 4 is 5.97 Å². The second kappa shape index (κ2) is 4.96. The molecule has 1 N–H and O–H groups in total. The van der Waals surface area contributed by atoms with Crippen molar-refractivity contribution in [3.63, 3.8) is 0 Å². The molecule has 0 atom stereocenters. The van der Waals surface area contributed by atoms with Crippen LogP contribution in [0.1, 0.15) is 38.5 Å². The van der Waals surface area contributed by atoms with Gasteiger partial charge in [-0.15, -0.1) is 0 Å². The van der Waals surface area contributed by atoms with Crippen LogP contribution in [-0.4, -0.2) is 11.1 Å².